The number of aromatic nitrogens is 2. The predicted molar refractivity (Wildman–Crippen MR) is 70.6 cm³/mol. The van der Waals surface area contributed by atoms with Crippen molar-refractivity contribution in [3.8, 4) is 11.6 Å². The highest BCUT2D eigenvalue weighted by Crippen LogP contribution is 2.31. The van der Waals surface area contributed by atoms with Gasteiger partial charge in [-0.3, -0.25) is 0 Å². The Morgan fingerprint density at radius 3 is 2.88 bits per heavy atom. The molecule has 0 fully saturated rings. The third-order valence-corrected chi connectivity index (χ3v) is 2.97. The zero-order chi connectivity index (χ0) is 12.3. The molecule has 88 valence electrons. The Morgan fingerprint density at radius 1 is 1.29 bits per heavy atom. The highest BCUT2D eigenvalue weighted by molar-refractivity contribution is 9.10. The van der Waals surface area contributed by atoms with E-state index >= 15 is 0 Å². The maximum Gasteiger partial charge on any atom is 0.222 e. The zero-order valence-electron chi connectivity index (χ0n) is 9.15. The fourth-order valence-electron chi connectivity index (χ4n) is 1.29. The van der Waals surface area contributed by atoms with Crippen molar-refractivity contribution >= 4 is 27.5 Å². The molecule has 0 atom stereocenters. The van der Waals surface area contributed by atoms with Crippen LogP contribution in [-0.2, 0) is 6.42 Å². The molecule has 1 heterocycles. The van der Waals surface area contributed by atoms with E-state index in [-0.39, 0.29) is 0 Å². The van der Waals surface area contributed by atoms with Gasteiger partial charge >= 0.3 is 0 Å². The molecular formula is C12H10BrClN2O. The number of ether oxygens (including phenoxy) is 1. The third kappa shape index (κ3) is 3.17. The molecule has 17 heavy (non-hydrogen) atoms. The largest absolute Gasteiger partial charge is 0.437 e. The smallest absolute Gasteiger partial charge is 0.222 e. The van der Waals surface area contributed by atoms with Crippen molar-refractivity contribution in [3.05, 3.63) is 45.8 Å². The van der Waals surface area contributed by atoms with Gasteiger partial charge in [0.25, 0.3) is 0 Å². The first-order valence-electron chi connectivity index (χ1n) is 5.13. The Labute approximate surface area is 113 Å². The van der Waals surface area contributed by atoms with Crippen LogP contribution in [0.15, 0.2) is 35.1 Å². The van der Waals surface area contributed by atoms with Gasteiger partial charge < -0.3 is 4.74 Å². The number of halogens is 2. The zero-order valence-corrected chi connectivity index (χ0v) is 11.5. The van der Waals surface area contributed by atoms with Crippen LogP contribution in [0.1, 0.15) is 12.6 Å². The first kappa shape index (κ1) is 12.3. The summed E-state index contributed by atoms with van der Waals surface area (Å²) in [6.07, 6.45) is 2.32. The number of aryl methyl sites for hydroxylation is 1. The molecule has 0 radical (unpaired) electrons. The molecule has 0 bridgehead atoms. The summed E-state index contributed by atoms with van der Waals surface area (Å²) in [5.74, 6) is 1.07. The molecule has 2 rings (SSSR count). The monoisotopic (exact) mass is 312 g/mol. The summed E-state index contributed by atoms with van der Waals surface area (Å²) in [6, 6.07) is 7.23. The van der Waals surface area contributed by atoms with Crippen LogP contribution in [0, 0.1) is 0 Å². The Bertz CT molecular complexity index is 534. The standard InChI is InChI=1S/C12H10BrClN2O/c1-2-9-6-12(16-7-15-9)17-11-5-8(13)3-4-10(11)14/h3-7H,2H2,1H3. The first-order chi connectivity index (χ1) is 8.19. The van der Waals surface area contributed by atoms with Gasteiger partial charge in [0, 0.05) is 16.2 Å². The van der Waals surface area contributed by atoms with Crippen LogP contribution in [0.2, 0.25) is 5.02 Å². The lowest BCUT2D eigenvalue weighted by Gasteiger charge is -2.07. The lowest BCUT2D eigenvalue weighted by molar-refractivity contribution is 0.460. The van der Waals surface area contributed by atoms with Crippen LogP contribution < -0.4 is 4.74 Å². The summed E-state index contributed by atoms with van der Waals surface area (Å²) in [4.78, 5) is 8.15. The predicted octanol–water partition coefficient (Wildman–Crippen LogP) is 4.25. The van der Waals surface area contributed by atoms with Crippen LogP contribution in [-0.4, -0.2) is 9.97 Å². The molecule has 1 aromatic heterocycles. The molecule has 0 aliphatic carbocycles. The fourth-order valence-corrected chi connectivity index (χ4v) is 1.79. The van der Waals surface area contributed by atoms with E-state index < -0.39 is 0 Å². The topological polar surface area (TPSA) is 35.0 Å². The van der Waals surface area contributed by atoms with Gasteiger partial charge in [0.15, 0.2) is 0 Å². The van der Waals surface area contributed by atoms with Gasteiger partial charge in [0.1, 0.15) is 12.1 Å². The molecule has 0 amide bonds. The summed E-state index contributed by atoms with van der Waals surface area (Å²) in [6.45, 7) is 2.03. The summed E-state index contributed by atoms with van der Waals surface area (Å²) in [5.41, 5.74) is 0.932. The normalized spacial score (nSPS) is 10.3. The molecule has 3 nitrogen and oxygen atoms in total. The van der Waals surface area contributed by atoms with Gasteiger partial charge in [-0.1, -0.05) is 34.5 Å². The lowest BCUT2D eigenvalue weighted by atomic mass is 10.3. The van der Waals surface area contributed by atoms with Crippen molar-refractivity contribution in [1.29, 1.82) is 0 Å². The van der Waals surface area contributed by atoms with E-state index in [1.54, 1.807) is 18.2 Å². The number of nitrogens with zero attached hydrogens (tertiary/aromatic N) is 2. The van der Waals surface area contributed by atoms with Crippen LogP contribution in [0.5, 0.6) is 11.6 Å². The molecule has 1 aromatic carbocycles. The van der Waals surface area contributed by atoms with Gasteiger partial charge in [-0.25, -0.2) is 9.97 Å². The molecule has 0 aliphatic heterocycles. The SMILES string of the molecule is CCc1cc(Oc2cc(Br)ccc2Cl)ncn1. The minimum Gasteiger partial charge on any atom is -0.437 e. The minimum absolute atomic E-state index is 0.497. The fraction of sp³-hybridized carbons (Fsp3) is 0.167. The van der Waals surface area contributed by atoms with Crippen LogP contribution in [0.25, 0.3) is 0 Å². The molecule has 0 unspecified atom stereocenters. The lowest BCUT2D eigenvalue weighted by Crippen LogP contribution is -1.93. The van der Waals surface area contributed by atoms with Crippen molar-refractivity contribution in [3.63, 3.8) is 0 Å². The molecule has 0 spiro atoms. The highest BCUT2D eigenvalue weighted by Gasteiger charge is 2.05. The molecule has 0 saturated carbocycles. The van der Waals surface area contributed by atoms with Gasteiger partial charge in [0.05, 0.1) is 5.02 Å². The quantitative estimate of drug-likeness (QED) is 0.850. The van der Waals surface area contributed by atoms with Crippen molar-refractivity contribution in [1.82, 2.24) is 9.97 Å². The molecule has 0 saturated heterocycles. The number of benzene rings is 1. The maximum atomic E-state index is 6.03. The van der Waals surface area contributed by atoms with E-state index in [0.717, 1.165) is 16.6 Å². The molecule has 0 aliphatic rings. The highest BCUT2D eigenvalue weighted by atomic mass is 79.9. The van der Waals surface area contributed by atoms with E-state index in [4.69, 9.17) is 16.3 Å². The molecule has 2 aromatic rings. The second-order valence-electron chi connectivity index (χ2n) is 3.38. The summed E-state index contributed by atoms with van der Waals surface area (Å²) >= 11 is 9.40. The minimum atomic E-state index is 0.497. The van der Waals surface area contributed by atoms with Gasteiger partial charge in [-0.05, 0) is 24.6 Å². The number of rotatable bonds is 3. The Hall–Kier alpha value is -1.13. The van der Waals surface area contributed by atoms with Gasteiger partial charge in [0.2, 0.25) is 5.88 Å². The number of hydrogen-bond acceptors (Lipinski definition) is 3. The van der Waals surface area contributed by atoms with E-state index in [0.29, 0.717) is 16.7 Å². The second-order valence-corrected chi connectivity index (χ2v) is 4.70. The maximum absolute atomic E-state index is 6.03. The molecular weight excluding hydrogens is 304 g/mol. The van der Waals surface area contributed by atoms with E-state index in [1.165, 1.54) is 6.33 Å². The Balaban J connectivity index is 2.27. The first-order valence-corrected chi connectivity index (χ1v) is 6.30. The van der Waals surface area contributed by atoms with Crippen molar-refractivity contribution < 1.29 is 4.74 Å². The molecule has 5 heteroatoms. The van der Waals surface area contributed by atoms with Crippen molar-refractivity contribution in [2.45, 2.75) is 13.3 Å². The third-order valence-electron chi connectivity index (χ3n) is 2.17. The van der Waals surface area contributed by atoms with Crippen LogP contribution in [0.4, 0.5) is 0 Å². The van der Waals surface area contributed by atoms with E-state index in [9.17, 15) is 0 Å². The average molecular weight is 314 g/mol. The van der Waals surface area contributed by atoms with Crippen LogP contribution >= 0.6 is 27.5 Å². The van der Waals surface area contributed by atoms with Crippen molar-refractivity contribution in [2.75, 3.05) is 0 Å². The average Bonchev–Trinajstić information content (AvgIpc) is 2.34. The van der Waals surface area contributed by atoms with Gasteiger partial charge in [-0.2, -0.15) is 0 Å². The summed E-state index contributed by atoms with van der Waals surface area (Å²) in [5, 5.41) is 0.546. The Kier molecular flexibility index (Phi) is 3.97. The Morgan fingerprint density at radius 2 is 2.12 bits per heavy atom. The molecule has 0 N–H and O–H groups in total. The summed E-state index contributed by atoms with van der Waals surface area (Å²) < 4.78 is 6.52. The van der Waals surface area contributed by atoms with E-state index in [1.807, 2.05) is 13.0 Å². The van der Waals surface area contributed by atoms with Crippen LogP contribution in [0.3, 0.4) is 0 Å². The summed E-state index contributed by atoms with van der Waals surface area (Å²) in [7, 11) is 0. The number of hydrogen-bond donors (Lipinski definition) is 0. The second kappa shape index (κ2) is 5.47. The van der Waals surface area contributed by atoms with Gasteiger partial charge in [-0.15, -0.1) is 0 Å². The van der Waals surface area contributed by atoms with E-state index in [2.05, 4.69) is 25.9 Å². The van der Waals surface area contributed by atoms with Crippen molar-refractivity contribution in [2.24, 2.45) is 0 Å².